The van der Waals surface area contributed by atoms with Gasteiger partial charge < -0.3 is 0 Å². The third kappa shape index (κ3) is 3.62. The first-order valence-electron chi connectivity index (χ1n) is 6.08. The molecule has 0 spiro atoms. The van der Waals surface area contributed by atoms with E-state index in [4.69, 9.17) is 5.26 Å². The fourth-order valence-electron chi connectivity index (χ4n) is 1.89. The molecule has 0 aliphatic rings. The molecule has 0 bridgehead atoms. The van der Waals surface area contributed by atoms with E-state index in [1.807, 2.05) is 24.6 Å². The smallest absolute Gasteiger partial charge is 0.264 e. The van der Waals surface area contributed by atoms with E-state index in [1.165, 1.54) is 12.1 Å². The topological polar surface area (TPSA) is 79.8 Å². The zero-order chi connectivity index (χ0) is 14.4. The van der Waals surface area contributed by atoms with Gasteiger partial charge in [-0.25, -0.2) is 0 Å². The van der Waals surface area contributed by atoms with E-state index in [2.05, 4.69) is 4.98 Å². The molecule has 0 atom stereocenters. The third-order valence-electron chi connectivity index (χ3n) is 2.80. The number of hydrogen-bond donors (Lipinski definition) is 0. The lowest BCUT2D eigenvalue weighted by Crippen LogP contribution is -1.95. The van der Waals surface area contributed by atoms with E-state index in [1.54, 1.807) is 18.5 Å². The van der Waals surface area contributed by atoms with Gasteiger partial charge in [0.2, 0.25) is 0 Å². The van der Waals surface area contributed by atoms with Crippen molar-refractivity contribution >= 4 is 5.69 Å². The van der Waals surface area contributed by atoms with E-state index in [0.717, 1.165) is 17.5 Å². The molecule has 0 N–H and O–H groups in total. The zero-order valence-corrected chi connectivity index (χ0v) is 10.7. The highest BCUT2D eigenvalue weighted by atomic mass is 16.6. The quantitative estimate of drug-likeness (QED) is 0.615. The molecule has 0 saturated carbocycles. The Balaban J connectivity index is 2.04. The van der Waals surface area contributed by atoms with E-state index in [-0.39, 0.29) is 5.69 Å². The summed E-state index contributed by atoms with van der Waals surface area (Å²) >= 11 is 0. The summed E-state index contributed by atoms with van der Waals surface area (Å²) in [7, 11) is 0. The standard InChI is InChI=1S/C15H12N3O2/c16-10-14-7-13(8-15(9-14)18(19)20)4-1-3-12-5-2-6-17-11-12/h1-2,5-9,11H,3-4H2. The number of aromatic nitrogens is 1. The number of benzene rings is 1. The molecule has 0 fully saturated rings. The molecule has 1 aromatic heterocycles. The molecule has 1 heterocycles. The van der Waals surface area contributed by atoms with Gasteiger partial charge >= 0.3 is 0 Å². The first-order valence-corrected chi connectivity index (χ1v) is 6.08. The number of rotatable bonds is 5. The first kappa shape index (κ1) is 13.7. The zero-order valence-electron chi connectivity index (χ0n) is 10.7. The van der Waals surface area contributed by atoms with Crippen molar-refractivity contribution in [1.82, 2.24) is 4.98 Å². The van der Waals surface area contributed by atoms with Crippen molar-refractivity contribution in [2.24, 2.45) is 0 Å². The van der Waals surface area contributed by atoms with Gasteiger partial charge in [-0.3, -0.25) is 15.1 Å². The predicted molar refractivity (Wildman–Crippen MR) is 73.8 cm³/mol. The second-order valence-corrected chi connectivity index (χ2v) is 4.32. The summed E-state index contributed by atoms with van der Waals surface area (Å²) in [6.45, 7) is 0. The molecule has 20 heavy (non-hydrogen) atoms. The molecule has 1 aromatic carbocycles. The Morgan fingerprint density at radius 1 is 1.30 bits per heavy atom. The monoisotopic (exact) mass is 266 g/mol. The Bertz CT molecular complexity index is 648. The van der Waals surface area contributed by atoms with Crippen LogP contribution in [-0.4, -0.2) is 9.91 Å². The van der Waals surface area contributed by atoms with Crippen molar-refractivity contribution in [3.8, 4) is 6.07 Å². The van der Waals surface area contributed by atoms with Crippen LogP contribution in [0.5, 0.6) is 0 Å². The van der Waals surface area contributed by atoms with Crippen LogP contribution in [0.4, 0.5) is 5.69 Å². The molecule has 0 amide bonds. The molecule has 2 rings (SSSR count). The fourth-order valence-corrected chi connectivity index (χ4v) is 1.89. The van der Waals surface area contributed by atoms with Crippen LogP contribution >= 0.6 is 0 Å². The Morgan fingerprint density at radius 3 is 2.75 bits per heavy atom. The van der Waals surface area contributed by atoms with Gasteiger partial charge in [0.1, 0.15) is 0 Å². The lowest BCUT2D eigenvalue weighted by molar-refractivity contribution is -0.384. The summed E-state index contributed by atoms with van der Waals surface area (Å²) in [6, 6.07) is 10.2. The highest BCUT2D eigenvalue weighted by Crippen LogP contribution is 2.18. The first-order chi connectivity index (χ1) is 9.69. The molecule has 0 aliphatic heterocycles. The maximum absolute atomic E-state index is 10.8. The molecule has 99 valence electrons. The molecule has 5 nitrogen and oxygen atoms in total. The number of nitrogens with zero attached hydrogens (tertiary/aromatic N) is 3. The van der Waals surface area contributed by atoms with E-state index >= 15 is 0 Å². The Morgan fingerprint density at radius 2 is 2.10 bits per heavy atom. The van der Waals surface area contributed by atoms with Crippen LogP contribution in [0.25, 0.3) is 0 Å². The molecule has 0 aliphatic carbocycles. The summed E-state index contributed by atoms with van der Waals surface area (Å²) in [5, 5.41) is 19.7. The summed E-state index contributed by atoms with van der Waals surface area (Å²) in [6.07, 6.45) is 6.81. The highest BCUT2D eigenvalue weighted by molar-refractivity contribution is 5.44. The Labute approximate surface area is 116 Å². The third-order valence-corrected chi connectivity index (χ3v) is 2.80. The minimum atomic E-state index is -0.481. The van der Waals surface area contributed by atoms with Gasteiger partial charge in [0.25, 0.3) is 5.69 Å². The largest absolute Gasteiger partial charge is 0.271 e. The summed E-state index contributed by atoms with van der Waals surface area (Å²) in [5.41, 5.74) is 2.11. The fraction of sp³-hybridized carbons (Fsp3) is 0.133. The lowest BCUT2D eigenvalue weighted by atomic mass is 10.0. The van der Waals surface area contributed by atoms with Crippen molar-refractivity contribution in [3.05, 3.63) is 76.0 Å². The lowest BCUT2D eigenvalue weighted by Gasteiger charge is -2.03. The van der Waals surface area contributed by atoms with Crippen LogP contribution in [0.1, 0.15) is 16.7 Å². The van der Waals surface area contributed by atoms with Crippen LogP contribution in [0.15, 0.2) is 42.7 Å². The molecule has 0 unspecified atom stereocenters. The minimum absolute atomic E-state index is 0.0474. The molecular formula is C15H12N3O2. The molecule has 5 heteroatoms. The van der Waals surface area contributed by atoms with Crippen molar-refractivity contribution in [1.29, 1.82) is 5.26 Å². The number of nitro groups is 1. The number of hydrogen-bond acceptors (Lipinski definition) is 4. The Kier molecular flexibility index (Phi) is 4.40. The van der Waals surface area contributed by atoms with Crippen LogP contribution in [0.2, 0.25) is 0 Å². The number of non-ortho nitro benzene ring substituents is 1. The van der Waals surface area contributed by atoms with Gasteiger partial charge in [0.05, 0.1) is 16.6 Å². The Hall–Kier alpha value is -2.74. The summed E-state index contributed by atoms with van der Waals surface area (Å²) in [4.78, 5) is 14.3. The summed E-state index contributed by atoms with van der Waals surface area (Å²) < 4.78 is 0. The van der Waals surface area contributed by atoms with Gasteiger partial charge in [-0.05, 0) is 42.5 Å². The number of nitriles is 1. The predicted octanol–water partition coefficient (Wildman–Crippen LogP) is 2.85. The maximum Gasteiger partial charge on any atom is 0.271 e. The van der Waals surface area contributed by atoms with Crippen molar-refractivity contribution in [3.63, 3.8) is 0 Å². The van der Waals surface area contributed by atoms with Crippen molar-refractivity contribution < 1.29 is 4.92 Å². The van der Waals surface area contributed by atoms with Crippen LogP contribution in [-0.2, 0) is 12.8 Å². The molecule has 2 aromatic rings. The average molecular weight is 266 g/mol. The minimum Gasteiger partial charge on any atom is -0.264 e. The second kappa shape index (κ2) is 6.43. The SMILES string of the molecule is N#Cc1cc(C[CH]Cc2cccnc2)cc([N+](=O)[O-])c1. The molecule has 0 saturated heterocycles. The highest BCUT2D eigenvalue weighted by Gasteiger charge is 2.09. The van der Waals surface area contributed by atoms with E-state index in [9.17, 15) is 10.1 Å². The van der Waals surface area contributed by atoms with E-state index < -0.39 is 4.92 Å². The molecular weight excluding hydrogens is 254 g/mol. The van der Waals surface area contributed by atoms with Gasteiger partial charge in [-0.15, -0.1) is 0 Å². The van der Waals surface area contributed by atoms with Gasteiger partial charge in [0.15, 0.2) is 0 Å². The molecule has 1 radical (unpaired) electrons. The van der Waals surface area contributed by atoms with Crippen molar-refractivity contribution in [2.45, 2.75) is 12.8 Å². The maximum atomic E-state index is 10.8. The van der Waals surface area contributed by atoms with Gasteiger partial charge in [-0.1, -0.05) is 6.07 Å². The van der Waals surface area contributed by atoms with Crippen molar-refractivity contribution in [2.75, 3.05) is 0 Å². The van der Waals surface area contributed by atoms with Gasteiger partial charge in [0, 0.05) is 24.5 Å². The van der Waals surface area contributed by atoms with Crippen LogP contribution in [0.3, 0.4) is 0 Å². The van der Waals surface area contributed by atoms with Crippen LogP contribution < -0.4 is 0 Å². The second-order valence-electron chi connectivity index (χ2n) is 4.32. The number of pyridine rings is 1. The average Bonchev–Trinajstić information content (AvgIpc) is 2.48. The normalized spacial score (nSPS) is 9.95. The van der Waals surface area contributed by atoms with E-state index in [0.29, 0.717) is 12.0 Å². The van der Waals surface area contributed by atoms with Crippen LogP contribution in [0, 0.1) is 27.9 Å². The van der Waals surface area contributed by atoms with Gasteiger partial charge in [-0.2, -0.15) is 5.26 Å². The summed E-state index contributed by atoms with van der Waals surface area (Å²) in [5.74, 6) is 0. The number of nitro benzene ring substituents is 1.